The zero-order chi connectivity index (χ0) is 46.8. The Labute approximate surface area is 365 Å². The summed E-state index contributed by atoms with van der Waals surface area (Å²) < 4.78 is 54.2. The number of aliphatic hydroxyl groups excluding tert-OH is 4. The van der Waals surface area contributed by atoms with Gasteiger partial charge in [0.2, 0.25) is 16.0 Å². The fraction of sp³-hybridized carbons (Fsp3) is 0.348. The van der Waals surface area contributed by atoms with Crippen molar-refractivity contribution in [2.75, 3.05) is 17.6 Å². The van der Waals surface area contributed by atoms with Crippen molar-refractivity contribution >= 4 is 51.0 Å². The zero-order valence-electron chi connectivity index (χ0n) is 35.8. The number of nitrogens with zero attached hydrogens (tertiary/aromatic N) is 4. The summed E-state index contributed by atoms with van der Waals surface area (Å²) in [6.45, 7) is 7.83. The fourth-order valence-electron chi connectivity index (χ4n) is 6.81. The minimum Gasteiger partial charge on any atom is -0.481 e. The predicted molar refractivity (Wildman–Crippen MR) is 238 cm³/mol. The smallest absolute Gasteiger partial charge is 0.305 e. The molecular weight excluding hydrogens is 839 g/mol. The number of rotatable bonds is 18. The number of hydrogen-bond donors (Lipinski definition) is 6. The average Bonchev–Trinajstić information content (AvgIpc) is 3.53. The summed E-state index contributed by atoms with van der Waals surface area (Å²) in [5.41, 5.74) is 5.45. The molecule has 0 saturated carbocycles. The Balaban J connectivity index is 0.000000278. The molecule has 0 saturated heterocycles. The van der Waals surface area contributed by atoms with Crippen LogP contribution in [0.4, 0.5) is 14.7 Å². The second kappa shape index (κ2) is 22.0. The summed E-state index contributed by atoms with van der Waals surface area (Å²) in [4.78, 5) is 30.3. The van der Waals surface area contributed by atoms with Gasteiger partial charge in [-0.05, 0) is 73.9 Å². The van der Waals surface area contributed by atoms with Gasteiger partial charge in [-0.15, -0.1) is 0 Å². The number of halogens is 2. The summed E-state index contributed by atoms with van der Waals surface area (Å²) in [7, 11) is -2.33. The number of aliphatic carboxylic acids is 2. The van der Waals surface area contributed by atoms with E-state index in [1.165, 1.54) is 55.6 Å². The molecule has 0 aliphatic carbocycles. The van der Waals surface area contributed by atoms with E-state index < -0.39 is 65.0 Å². The van der Waals surface area contributed by atoms with Crippen molar-refractivity contribution in [1.82, 2.24) is 14.5 Å². The molecule has 2 heterocycles. The number of fused-ring (bicyclic) bond motifs is 1. The molecule has 338 valence electrons. The van der Waals surface area contributed by atoms with Crippen LogP contribution in [0.5, 0.6) is 0 Å². The highest BCUT2D eigenvalue weighted by Gasteiger charge is 2.24. The SMILES string of the molecule is CC(C)c1nc(N(C)S(C)(=O)=O)nc(-c2ccc(F)cc2)c1/C=C/[C@@H](O)C[C@H](O)CC(=O)O.CC(C)n1c(/C=C/[C@H](O)C[C@H](O)CC(=O)O)c(-c2ccc(F)cc2)c2ccccc21. The van der Waals surface area contributed by atoms with E-state index in [-0.39, 0.29) is 36.6 Å². The molecule has 5 aromatic rings. The molecule has 0 aliphatic rings. The van der Waals surface area contributed by atoms with E-state index in [9.17, 15) is 47.2 Å². The Morgan fingerprint density at radius 3 is 1.71 bits per heavy atom. The molecule has 5 rings (SSSR count). The van der Waals surface area contributed by atoms with Crippen molar-refractivity contribution in [2.45, 2.75) is 89.8 Å². The largest absolute Gasteiger partial charge is 0.481 e. The minimum absolute atomic E-state index is 0.0601. The van der Waals surface area contributed by atoms with E-state index in [4.69, 9.17) is 10.2 Å². The first kappa shape index (κ1) is 49.8. The van der Waals surface area contributed by atoms with Crippen molar-refractivity contribution in [2.24, 2.45) is 0 Å². The van der Waals surface area contributed by atoms with E-state index >= 15 is 0 Å². The maximum absolute atomic E-state index is 13.5. The van der Waals surface area contributed by atoms with E-state index in [1.807, 2.05) is 38.1 Å². The van der Waals surface area contributed by atoms with Gasteiger partial charge in [-0.2, -0.15) is 0 Å². The second-order valence-electron chi connectivity index (χ2n) is 15.6. The number of benzene rings is 3. The van der Waals surface area contributed by atoms with Gasteiger partial charge < -0.3 is 35.2 Å². The standard InChI is InChI=1S/C24H26FNO4.C22H28FN3O6S/c1-15(2)26-21-6-4-3-5-20(21)24(16-7-9-17(25)10-8-16)22(26)12-11-18(27)13-19(28)14-23(29)30;1-13(2)20-18(10-9-16(27)11-17(28)12-19(29)30)21(14-5-7-15(23)8-6-14)25-22(24-20)26(3)33(4,31)32/h3-12,15,18-19,27-28H,13-14H2,1-2H3,(H,29,30);5-10,13,16-17,27-28H,11-12H2,1-4H3,(H,29,30)/b12-11+;10-9+/t18-,19-;16-,17+/m01/s1. The van der Waals surface area contributed by atoms with Crippen molar-refractivity contribution in [3.63, 3.8) is 0 Å². The molecule has 0 unspecified atom stereocenters. The molecule has 0 bridgehead atoms. The summed E-state index contributed by atoms with van der Waals surface area (Å²) in [6, 6.07) is 19.8. The van der Waals surface area contributed by atoms with E-state index in [0.29, 0.717) is 22.5 Å². The number of aliphatic hydroxyl groups is 4. The molecule has 0 aliphatic heterocycles. The Morgan fingerprint density at radius 2 is 1.24 bits per heavy atom. The molecule has 0 fully saturated rings. The van der Waals surface area contributed by atoms with Crippen molar-refractivity contribution < 1.29 is 57.4 Å². The fourth-order valence-corrected chi connectivity index (χ4v) is 7.19. The zero-order valence-corrected chi connectivity index (χ0v) is 36.6. The van der Waals surface area contributed by atoms with E-state index in [1.54, 1.807) is 24.3 Å². The Morgan fingerprint density at radius 1 is 0.746 bits per heavy atom. The topological polar surface area (TPSA) is 224 Å². The van der Waals surface area contributed by atoms with Crippen LogP contribution in [0.3, 0.4) is 0 Å². The maximum Gasteiger partial charge on any atom is 0.305 e. The van der Waals surface area contributed by atoms with Gasteiger partial charge in [0.25, 0.3) is 0 Å². The number of para-hydroxylation sites is 1. The summed E-state index contributed by atoms with van der Waals surface area (Å²) >= 11 is 0. The number of hydrogen-bond acceptors (Lipinski definition) is 10. The van der Waals surface area contributed by atoms with Crippen LogP contribution < -0.4 is 4.31 Å². The molecule has 2 aromatic heterocycles. The lowest BCUT2D eigenvalue weighted by molar-refractivity contribution is -0.140. The molecule has 0 radical (unpaired) electrons. The van der Waals surface area contributed by atoms with Crippen LogP contribution >= 0.6 is 0 Å². The molecular formula is C46H54F2N4O10S. The van der Waals surface area contributed by atoms with Crippen LogP contribution in [0.25, 0.3) is 45.4 Å². The quantitative estimate of drug-likeness (QED) is 0.0522. The number of aromatic nitrogens is 3. The number of carbonyl (C=O) groups is 2. The van der Waals surface area contributed by atoms with Gasteiger partial charge in [-0.25, -0.2) is 31.5 Å². The van der Waals surface area contributed by atoms with Gasteiger partial charge in [-0.3, -0.25) is 9.59 Å². The van der Waals surface area contributed by atoms with Crippen LogP contribution in [0.15, 0.2) is 84.9 Å². The number of carboxylic acids is 2. The monoisotopic (exact) mass is 892 g/mol. The minimum atomic E-state index is -3.65. The lowest BCUT2D eigenvalue weighted by Crippen LogP contribution is -2.27. The van der Waals surface area contributed by atoms with Gasteiger partial charge in [0.1, 0.15) is 11.6 Å². The van der Waals surface area contributed by atoms with Gasteiger partial charge in [0, 0.05) is 59.2 Å². The average molecular weight is 893 g/mol. The van der Waals surface area contributed by atoms with Crippen LogP contribution in [0.2, 0.25) is 0 Å². The second-order valence-corrected chi connectivity index (χ2v) is 17.7. The van der Waals surface area contributed by atoms with Crippen molar-refractivity contribution in [1.29, 1.82) is 0 Å². The lowest BCUT2D eigenvalue weighted by atomic mass is 9.97. The van der Waals surface area contributed by atoms with Crippen LogP contribution in [-0.2, 0) is 19.6 Å². The molecule has 0 amide bonds. The van der Waals surface area contributed by atoms with Crippen molar-refractivity contribution in [3.8, 4) is 22.4 Å². The predicted octanol–water partition coefficient (Wildman–Crippen LogP) is 7.03. The first-order valence-electron chi connectivity index (χ1n) is 20.1. The van der Waals surface area contributed by atoms with E-state index in [0.717, 1.165) is 38.3 Å². The molecule has 0 spiro atoms. The molecule has 4 atom stereocenters. The van der Waals surface area contributed by atoms with Gasteiger partial charge in [0.05, 0.1) is 54.9 Å². The normalized spacial score (nSPS) is 13.9. The third-order valence-corrected chi connectivity index (χ3v) is 11.0. The summed E-state index contributed by atoms with van der Waals surface area (Å²) in [5, 5.41) is 58.7. The van der Waals surface area contributed by atoms with Gasteiger partial charge >= 0.3 is 11.9 Å². The van der Waals surface area contributed by atoms with Crippen LogP contribution in [-0.4, -0.2) is 103 Å². The molecule has 63 heavy (non-hydrogen) atoms. The van der Waals surface area contributed by atoms with Crippen LogP contribution in [0, 0.1) is 11.6 Å². The highest BCUT2D eigenvalue weighted by Crippen LogP contribution is 2.38. The third-order valence-electron chi connectivity index (χ3n) is 9.81. The molecule has 3 aromatic carbocycles. The molecule has 17 heteroatoms. The summed E-state index contributed by atoms with van der Waals surface area (Å²) in [5.74, 6) is -3.30. The van der Waals surface area contributed by atoms with E-state index in [2.05, 4.69) is 28.4 Å². The summed E-state index contributed by atoms with van der Waals surface area (Å²) in [6.07, 6.45) is 1.59. The highest BCUT2D eigenvalue weighted by atomic mass is 32.2. The number of carboxylic acid groups (broad SMARTS) is 2. The molecule has 14 nitrogen and oxygen atoms in total. The lowest BCUT2D eigenvalue weighted by Gasteiger charge is -2.20. The first-order chi connectivity index (χ1) is 29.6. The number of anilines is 1. The third kappa shape index (κ3) is 13.8. The molecule has 6 N–H and O–H groups in total. The first-order valence-corrected chi connectivity index (χ1v) is 21.9. The Kier molecular flexibility index (Phi) is 17.4. The van der Waals surface area contributed by atoms with Crippen molar-refractivity contribution in [3.05, 3.63) is 114 Å². The Hall–Kier alpha value is -5.85. The number of sulfonamides is 1. The Bertz CT molecular complexity index is 2530. The van der Waals surface area contributed by atoms with Gasteiger partial charge in [-0.1, -0.05) is 62.4 Å². The highest BCUT2D eigenvalue weighted by molar-refractivity contribution is 7.92. The maximum atomic E-state index is 13.5. The van der Waals surface area contributed by atoms with Crippen LogP contribution in [0.1, 0.15) is 82.3 Å². The van der Waals surface area contributed by atoms with Gasteiger partial charge in [0.15, 0.2) is 0 Å².